The molecule has 2 N–H and O–H groups in total. The lowest BCUT2D eigenvalue weighted by Gasteiger charge is -2.28. The number of aliphatic hydroxyl groups excluding tert-OH is 1. The Labute approximate surface area is 112 Å². The highest BCUT2D eigenvalue weighted by Gasteiger charge is 2.25. The van der Waals surface area contributed by atoms with Crippen molar-refractivity contribution in [2.24, 2.45) is 0 Å². The molecule has 2 aliphatic rings. The number of aliphatic hydroxyl groups is 1. The van der Waals surface area contributed by atoms with Crippen molar-refractivity contribution >= 4 is 5.91 Å². The summed E-state index contributed by atoms with van der Waals surface area (Å²) in [6.45, 7) is 0.696. The maximum Gasteiger partial charge on any atom is 0.251 e. The molecule has 0 aromatic heterocycles. The van der Waals surface area contributed by atoms with Gasteiger partial charge in [0.05, 0.1) is 18.8 Å². The van der Waals surface area contributed by atoms with Crippen LogP contribution in [0.25, 0.3) is 0 Å². The Bertz CT molecular complexity index is 486. The molecule has 1 aliphatic heterocycles. The van der Waals surface area contributed by atoms with E-state index in [0.717, 1.165) is 43.4 Å². The smallest absolute Gasteiger partial charge is 0.251 e. The minimum Gasteiger partial charge on any atom is -0.493 e. The van der Waals surface area contributed by atoms with Gasteiger partial charge in [0.15, 0.2) is 0 Å². The van der Waals surface area contributed by atoms with Crippen LogP contribution in [0.1, 0.15) is 41.6 Å². The predicted molar refractivity (Wildman–Crippen MR) is 71.4 cm³/mol. The Morgan fingerprint density at radius 2 is 2.16 bits per heavy atom. The molecule has 0 spiro atoms. The first-order valence-corrected chi connectivity index (χ1v) is 6.99. The predicted octanol–water partition coefficient (Wildman–Crippen LogP) is 1.65. The van der Waals surface area contributed by atoms with Gasteiger partial charge in [-0.05, 0) is 36.6 Å². The maximum atomic E-state index is 12.2. The first-order valence-electron chi connectivity index (χ1n) is 6.99. The average molecular weight is 261 g/mol. The van der Waals surface area contributed by atoms with Crippen molar-refractivity contribution in [1.29, 1.82) is 0 Å². The van der Waals surface area contributed by atoms with Gasteiger partial charge in [-0.3, -0.25) is 4.79 Å². The van der Waals surface area contributed by atoms with Gasteiger partial charge in [-0.15, -0.1) is 0 Å². The van der Waals surface area contributed by atoms with Gasteiger partial charge < -0.3 is 15.2 Å². The minimum atomic E-state index is -0.407. The summed E-state index contributed by atoms with van der Waals surface area (Å²) in [4.78, 5) is 12.2. The third kappa shape index (κ3) is 2.59. The molecule has 1 aromatic rings. The minimum absolute atomic E-state index is 0.0966. The van der Waals surface area contributed by atoms with E-state index < -0.39 is 6.10 Å². The number of ether oxygens (including phenoxy) is 1. The first kappa shape index (κ1) is 12.5. The SMILES string of the molecule is O=C(NC1CCCCC1O)c1ccc2c(c1)CCO2. The molecule has 0 bridgehead atoms. The number of hydrogen-bond acceptors (Lipinski definition) is 3. The van der Waals surface area contributed by atoms with E-state index in [-0.39, 0.29) is 11.9 Å². The van der Waals surface area contributed by atoms with Gasteiger partial charge in [-0.25, -0.2) is 0 Å². The van der Waals surface area contributed by atoms with E-state index in [1.165, 1.54) is 0 Å². The highest BCUT2D eigenvalue weighted by Crippen LogP contribution is 2.26. The van der Waals surface area contributed by atoms with Crippen molar-refractivity contribution in [3.05, 3.63) is 29.3 Å². The molecule has 4 nitrogen and oxygen atoms in total. The lowest BCUT2D eigenvalue weighted by molar-refractivity contribution is 0.0717. The van der Waals surface area contributed by atoms with Crippen LogP contribution in [0, 0.1) is 0 Å². The fourth-order valence-electron chi connectivity index (χ4n) is 2.86. The molecule has 1 aromatic carbocycles. The van der Waals surface area contributed by atoms with Crippen LogP contribution in [0.15, 0.2) is 18.2 Å². The van der Waals surface area contributed by atoms with Gasteiger partial charge in [0, 0.05) is 12.0 Å². The van der Waals surface area contributed by atoms with Crippen LogP contribution in [0.3, 0.4) is 0 Å². The lowest BCUT2D eigenvalue weighted by atomic mass is 9.92. The summed E-state index contributed by atoms with van der Waals surface area (Å²) in [6.07, 6.45) is 4.21. The maximum absolute atomic E-state index is 12.2. The van der Waals surface area contributed by atoms with E-state index >= 15 is 0 Å². The first-order chi connectivity index (χ1) is 9.24. The van der Waals surface area contributed by atoms with E-state index in [1.54, 1.807) is 6.07 Å². The molecule has 1 amide bonds. The molecule has 0 radical (unpaired) electrons. The number of hydrogen-bond donors (Lipinski definition) is 2. The molecular weight excluding hydrogens is 242 g/mol. The van der Waals surface area contributed by atoms with E-state index in [0.29, 0.717) is 12.2 Å². The standard InChI is InChI=1S/C15H19NO3/c17-13-4-2-1-3-12(13)16-15(18)11-5-6-14-10(9-11)7-8-19-14/h5-6,9,12-13,17H,1-4,7-8H2,(H,16,18). The van der Waals surface area contributed by atoms with Gasteiger partial charge >= 0.3 is 0 Å². The largest absolute Gasteiger partial charge is 0.493 e. The van der Waals surface area contributed by atoms with Crippen molar-refractivity contribution in [2.75, 3.05) is 6.61 Å². The number of rotatable bonds is 2. The molecule has 1 fully saturated rings. The van der Waals surface area contributed by atoms with Crippen LogP contribution in [0.4, 0.5) is 0 Å². The second-order valence-electron chi connectivity index (χ2n) is 5.35. The zero-order valence-corrected chi connectivity index (χ0v) is 10.9. The van der Waals surface area contributed by atoms with E-state index in [2.05, 4.69) is 5.32 Å². The lowest BCUT2D eigenvalue weighted by Crippen LogP contribution is -2.45. The van der Waals surface area contributed by atoms with Gasteiger partial charge in [0.1, 0.15) is 5.75 Å². The van der Waals surface area contributed by atoms with Crippen LogP contribution in [-0.4, -0.2) is 29.8 Å². The van der Waals surface area contributed by atoms with Crippen LogP contribution in [-0.2, 0) is 6.42 Å². The second-order valence-corrected chi connectivity index (χ2v) is 5.35. The Morgan fingerprint density at radius 3 is 3.00 bits per heavy atom. The fourth-order valence-corrected chi connectivity index (χ4v) is 2.86. The summed E-state index contributed by atoms with van der Waals surface area (Å²) in [6, 6.07) is 5.43. The number of benzene rings is 1. The fraction of sp³-hybridized carbons (Fsp3) is 0.533. The summed E-state index contributed by atoms with van der Waals surface area (Å²) >= 11 is 0. The summed E-state index contributed by atoms with van der Waals surface area (Å²) in [5, 5.41) is 12.8. The average Bonchev–Trinajstić information content (AvgIpc) is 2.88. The van der Waals surface area contributed by atoms with Crippen LogP contribution in [0.5, 0.6) is 5.75 Å². The molecule has 4 heteroatoms. The topological polar surface area (TPSA) is 58.6 Å². The Balaban J connectivity index is 1.70. The molecule has 2 atom stereocenters. The second kappa shape index (κ2) is 5.21. The number of amides is 1. The van der Waals surface area contributed by atoms with Crippen LogP contribution in [0.2, 0.25) is 0 Å². The Hall–Kier alpha value is -1.55. The van der Waals surface area contributed by atoms with Crippen molar-refractivity contribution in [2.45, 2.75) is 44.2 Å². The molecule has 1 saturated carbocycles. The molecule has 2 unspecified atom stereocenters. The number of nitrogens with one attached hydrogen (secondary N) is 1. The van der Waals surface area contributed by atoms with E-state index in [1.807, 2.05) is 12.1 Å². The van der Waals surface area contributed by atoms with Gasteiger partial charge in [-0.2, -0.15) is 0 Å². The summed E-state index contributed by atoms with van der Waals surface area (Å²) in [5.74, 6) is 0.787. The molecule has 3 rings (SSSR count). The van der Waals surface area contributed by atoms with Crippen molar-refractivity contribution in [3.8, 4) is 5.75 Å². The van der Waals surface area contributed by atoms with Crippen molar-refractivity contribution < 1.29 is 14.6 Å². The summed E-state index contributed by atoms with van der Waals surface area (Å²) in [7, 11) is 0. The number of carbonyl (C=O) groups excluding carboxylic acids is 1. The molecule has 0 saturated heterocycles. The van der Waals surface area contributed by atoms with Gasteiger partial charge in [0.25, 0.3) is 5.91 Å². The third-order valence-corrected chi connectivity index (χ3v) is 4.00. The molecule has 19 heavy (non-hydrogen) atoms. The molecule has 1 heterocycles. The van der Waals surface area contributed by atoms with Gasteiger partial charge in [-0.1, -0.05) is 12.8 Å². The quantitative estimate of drug-likeness (QED) is 0.851. The highest BCUT2D eigenvalue weighted by molar-refractivity contribution is 5.94. The van der Waals surface area contributed by atoms with E-state index in [9.17, 15) is 9.90 Å². The number of carbonyl (C=O) groups is 1. The van der Waals surface area contributed by atoms with Crippen molar-refractivity contribution in [1.82, 2.24) is 5.32 Å². The third-order valence-electron chi connectivity index (χ3n) is 4.00. The van der Waals surface area contributed by atoms with Crippen LogP contribution < -0.4 is 10.1 Å². The monoisotopic (exact) mass is 261 g/mol. The molecule has 1 aliphatic carbocycles. The zero-order valence-electron chi connectivity index (χ0n) is 10.9. The van der Waals surface area contributed by atoms with Crippen molar-refractivity contribution in [3.63, 3.8) is 0 Å². The normalized spacial score (nSPS) is 25.5. The number of fused-ring (bicyclic) bond motifs is 1. The van der Waals surface area contributed by atoms with E-state index in [4.69, 9.17) is 4.74 Å². The Morgan fingerprint density at radius 1 is 1.32 bits per heavy atom. The summed E-state index contributed by atoms with van der Waals surface area (Å²) < 4.78 is 5.43. The Kier molecular flexibility index (Phi) is 3.42. The summed E-state index contributed by atoms with van der Waals surface area (Å²) in [5.41, 5.74) is 1.75. The van der Waals surface area contributed by atoms with Gasteiger partial charge in [0.2, 0.25) is 0 Å². The zero-order chi connectivity index (χ0) is 13.2. The highest BCUT2D eigenvalue weighted by atomic mass is 16.5. The van der Waals surface area contributed by atoms with Crippen LogP contribution >= 0.6 is 0 Å². The molecular formula is C15H19NO3. The molecule has 102 valence electrons.